The highest BCUT2D eigenvalue weighted by atomic mass is 16.7. The van der Waals surface area contributed by atoms with E-state index in [4.69, 9.17) is 28.4 Å². The molecule has 0 aliphatic carbocycles. The summed E-state index contributed by atoms with van der Waals surface area (Å²) in [5.74, 6) is -4.11. The minimum atomic E-state index is -1.93. The van der Waals surface area contributed by atoms with Gasteiger partial charge in [0.05, 0.1) is 53.7 Å². The number of cyclic esters (lactones) is 1. The molecule has 0 aromatic carbocycles. The molecular formula is C37H69NO13. The SMILES string of the molecule is CC[C@H]1OC(=O)[C@H](C)[C@@H](O[C@H]2C[C@@](C)(OC)[C@@H](O)[C@H](C)O2)[C@H](C)[C@@H](O[C@@H]2O[C@H](C)C[C@H](N(C)C)[C@H]2O)[C@](C)(O)C[C@@H](C)[C@H](O)[C@@H](C)[C@@H](O)[C@]1(C)O. The summed E-state index contributed by atoms with van der Waals surface area (Å²) in [6, 6.07) is -0.310. The van der Waals surface area contributed by atoms with E-state index in [-0.39, 0.29) is 31.4 Å². The fourth-order valence-electron chi connectivity index (χ4n) is 8.59. The van der Waals surface area contributed by atoms with E-state index >= 15 is 0 Å². The average Bonchev–Trinajstić information content (AvgIpc) is 3.05. The molecular weight excluding hydrogens is 666 g/mol. The van der Waals surface area contributed by atoms with E-state index in [0.717, 1.165) is 0 Å². The Hall–Kier alpha value is -1.01. The number of methoxy groups -OCH3 is 1. The monoisotopic (exact) mass is 735 g/mol. The van der Waals surface area contributed by atoms with Gasteiger partial charge in [0, 0.05) is 31.4 Å². The Balaban J connectivity index is 2.18. The van der Waals surface area contributed by atoms with Crippen LogP contribution in [0.2, 0.25) is 0 Å². The molecule has 0 saturated carbocycles. The molecule has 0 spiro atoms. The maximum atomic E-state index is 14.1. The molecule has 51 heavy (non-hydrogen) atoms. The standard InChI is InChI=1S/C37H69NO13/c1-14-25-37(10,45)30(41)20(4)27(39)18(2)16-35(8,44)32(51-34-28(40)24(38(11)12)15-19(3)47-34)21(5)29(22(6)33(43)49-25)50-26-17-36(9,46-13)31(42)23(7)48-26/h18-32,34,39-42,44-45H,14-17H2,1-13H3/t18-,19-,20-,21+,22-,23+,24+,25-,26+,27+,28-,29+,30-,31+,32-,34+,35-,36-,37-/m1/s1. The molecule has 14 heteroatoms. The normalized spacial score (nSPS) is 51.2. The lowest BCUT2D eigenvalue weighted by Gasteiger charge is -2.49. The van der Waals surface area contributed by atoms with Gasteiger partial charge in [0.15, 0.2) is 12.6 Å². The molecule has 3 heterocycles. The van der Waals surface area contributed by atoms with Crippen molar-refractivity contribution in [3.05, 3.63) is 0 Å². The number of nitrogens with zero attached hydrogens (tertiary/aromatic N) is 1. The molecule has 6 N–H and O–H groups in total. The lowest BCUT2D eigenvalue weighted by Crippen LogP contribution is -2.61. The molecule has 0 radical (unpaired) electrons. The predicted octanol–water partition coefficient (Wildman–Crippen LogP) is 1.58. The highest BCUT2D eigenvalue weighted by Gasteiger charge is 2.53. The highest BCUT2D eigenvalue weighted by Crippen LogP contribution is 2.41. The number of esters is 1. The topological polar surface area (TPSA) is 197 Å². The molecule has 3 saturated heterocycles. The van der Waals surface area contributed by atoms with E-state index in [2.05, 4.69) is 0 Å². The van der Waals surface area contributed by atoms with Crippen LogP contribution in [-0.2, 0) is 33.2 Å². The average molecular weight is 736 g/mol. The first-order chi connectivity index (χ1) is 23.4. The summed E-state index contributed by atoms with van der Waals surface area (Å²) in [6.07, 6.45) is -10.5. The van der Waals surface area contributed by atoms with Crippen molar-refractivity contribution < 1.29 is 63.9 Å². The Morgan fingerprint density at radius 3 is 2.02 bits per heavy atom. The fraction of sp³-hybridized carbons (Fsp3) is 0.973. The van der Waals surface area contributed by atoms with E-state index in [1.807, 2.05) is 25.9 Å². The van der Waals surface area contributed by atoms with Gasteiger partial charge < -0.3 is 64.0 Å². The number of carbonyl (C=O) groups is 1. The van der Waals surface area contributed by atoms with Gasteiger partial charge >= 0.3 is 5.97 Å². The van der Waals surface area contributed by atoms with E-state index in [1.54, 1.807) is 55.4 Å². The maximum Gasteiger partial charge on any atom is 0.311 e. The van der Waals surface area contributed by atoms with Gasteiger partial charge in [-0.3, -0.25) is 4.79 Å². The highest BCUT2D eigenvalue weighted by molar-refractivity contribution is 5.73. The second-order valence-electron chi connectivity index (χ2n) is 16.7. The first-order valence-corrected chi connectivity index (χ1v) is 18.6. The van der Waals surface area contributed by atoms with E-state index in [1.165, 1.54) is 14.0 Å². The van der Waals surface area contributed by atoms with Gasteiger partial charge in [-0.05, 0) is 80.8 Å². The summed E-state index contributed by atoms with van der Waals surface area (Å²) in [7, 11) is 5.20. The first kappa shape index (κ1) is 44.4. The van der Waals surface area contributed by atoms with Gasteiger partial charge in [0.25, 0.3) is 0 Å². The number of aliphatic hydroxyl groups is 6. The van der Waals surface area contributed by atoms with Crippen LogP contribution in [0.5, 0.6) is 0 Å². The molecule has 0 aromatic heterocycles. The van der Waals surface area contributed by atoms with E-state index in [0.29, 0.717) is 6.42 Å². The minimum Gasteiger partial charge on any atom is -0.459 e. The summed E-state index contributed by atoms with van der Waals surface area (Å²) in [5, 5.41) is 69.3. The summed E-state index contributed by atoms with van der Waals surface area (Å²) in [4.78, 5) is 16.0. The fourth-order valence-corrected chi connectivity index (χ4v) is 8.59. The maximum absolute atomic E-state index is 14.1. The third kappa shape index (κ3) is 9.63. The van der Waals surface area contributed by atoms with Crippen molar-refractivity contribution in [1.29, 1.82) is 0 Å². The molecule has 300 valence electrons. The van der Waals surface area contributed by atoms with Crippen molar-refractivity contribution in [3.63, 3.8) is 0 Å². The number of hydrogen-bond donors (Lipinski definition) is 6. The van der Waals surface area contributed by atoms with Crippen LogP contribution in [0.1, 0.15) is 94.9 Å². The van der Waals surface area contributed by atoms with Crippen LogP contribution in [0.25, 0.3) is 0 Å². The number of rotatable bonds is 7. The van der Waals surface area contributed by atoms with E-state index < -0.39 is 108 Å². The van der Waals surface area contributed by atoms with Crippen LogP contribution >= 0.6 is 0 Å². The minimum absolute atomic E-state index is 0.0362. The zero-order valence-electron chi connectivity index (χ0n) is 33.1. The lowest BCUT2D eigenvalue weighted by atomic mass is 9.73. The van der Waals surface area contributed by atoms with Crippen molar-refractivity contribution in [2.45, 2.75) is 185 Å². The zero-order valence-corrected chi connectivity index (χ0v) is 33.1. The third-order valence-electron chi connectivity index (χ3n) is 12.0. The van der Waals surface area contributed by atoms with Crippen molar-refractivity contribution in [2.75, 3.05) is 21.2 Å². The number of aliphatic hydroxyl groups excluding tert-OH is 4. The van der Waals surface area contributed by atoms with Crippen LogP contribution in [0.3, 0.4) is 0 Å². The van der Waals surface area contributed by atoms with Gasteiger partial charge in [-0.25, -0.2) is 0 Å². The summed E-state index contributed by atoms with van der Waals surface area (Å²) in [5.41, 5.74) is -4.71. The number of hydrogen-bond acceptors (Lipinski definition) is 14. The number of likely N-dealkylation sites (N-methyl/N-ethyl adjacent to an activating group) is 1. The van der Waals surface area contributed by atoms with Crippen molar-refractivity contribution >= 4 is 5.97 Å². The van der Waals surface area contributed by atoms with Gasteiger partial charge in [0.1, 0.15) is 23.9 Å². The van der Waals surface area contributed by atoms with Crippen molar-refractivity contribution in [1.82, 2.24) is 4.90 Å². The summed E-state index contributed by atoms with van der Waals surface area (Å²) < 4.78 is 37.2. The summed E-state index contributed by atoms with van der Waals surface area (Å²) >= 11 is 0. The molecule has 0 unspecified atom stereocenters. The van der Waals surface area contributed by atoms with Crippen LogP contribution in [0.4, 0.5) is 0 Å². The molecule has 0 bridgehead atoms. The second-order valence-corrected chi connectivity index (χ2v) is 16.7. The Kier molecular flexibility index (Phi) is 15.0. The summed E-state index contributed by atoms with van der Waals surface area (Å²) in [6.45, 7) is 16.7. The third-order valence-corrected chi connectivity index (χ3v) is 12.0. The van der Waals surface area contributed by atoms with Crippen LogP contribution in [-0.4, -0.2) is 153 Å². The zero-order chi connectivity index (χ0) is 39.0. The first-order valence-electron chi connectivity index (χ1n) is 18.6. The smallest absolute Gasteiger partial charge is 0.311 e. The molecule has 14 nitrogen and oxygen atoms in total. The predicted molar refractivity (Wildman–Crippen MR) is 187 cm³/mol. The van der Waals surface area contributed by atoms with Gasteiger partial charge in [-0.1, -0.05) is 27.7 Å². The van der Waals surface area contributed by atoms with Crippen LogP contribution in [0, 0.1) is 23.7 Å². The molecule has 0 amide bonds. The van der Waals surface area contributed by atoms with E-state index in [9.17, 15) is 35.4 Å². The van der Waals surface area contributed by atoms with Crippen molar-refractivity contribution in [2.24, 2.45) is 23.7 Å². The van der Waals surface area contributed by atoms with Gasteiger partial charge in [-0.15, -0.1) is 0 Å². The van der Waals surface area contributed by atoms with Crippen LogP contribution < -0.4 is 0 Å². The Bertz CT molecular complexity index is 1120. The quantitative estimate of drug-likeness (QED) is 0.206. The van der Waals surface area contributed by atoms with Crippen LogP contribution in [0.15, 0.2) is 0 Å². The molecule has 3 aliphatic heterocycles. The Morgan fingerprint density at radius 1 is 0.863 bits per heavy atom. The molecule has 3 fully saturated rings. The molecule has 3 rings (SSSR count). The van der Waals surface area contributed by atoms with Crippen molar-refractivity contribution in [3.8, 4) is 0 Å². The Morgan fingerprint density at radius 2 is 1.47 bits per heavy atom. The molecule has 19 atom stereocenters. The second kappa shape index (κ2) is 17.2. The molecule has 3 aliphatic rings. The van der Waals surface area contributed by atoms with Gasteiger partial charge in [0.2, 0.25) is 0 Å². The Labute approximate surface area is 304 Å². The number of carbonyl (C=O) groups excluding carboxylic acids is 1. The number of ether oxygens (including phenoxy) is 6. The largest absolute Gasteiger partial charge is 0.459 e. The lowest BCUT2D eigenvalue weighted by molar-refractivity contribution is -0.318. The van der Waals surface area contributed by atoms with Gasteiger partial charge in [-0.2, -0.15) is 0 Å². The molecule has 0 aromatic rings.